The van der Waals surface area contributed by atoms with Crippen LogP contribution in [0.15, 0.2) is 35.2 Å². The molecule has 0 amide bonds. The molecule has 4 heteroatoms. The molecule has 0 unspecified atom stereocenters. The summed E-state index contributed by atoms with van der Waals surface area (Å²) in [6.07, 6.45) is 0. The van der Waals surface area contributed by atoms with Crippen LogP contribution in [0.2, 0.25) is 5.02 Å². The van der Waals surface area contributed by atoms with Crippen LogP contribution in [0.25, 0.3) is 10.8 Å². The van der Waals surface area contributed by atoms with Gasteiger partial charge in [-0.05, 0) is 46.8 Å². The molecule has 2 nitrogen and oxygen atoms in total. The van der Waals surface area contributed by atoms with E-state index < -0.39 is 0 Å². The summed E-state index contributed by atoms with van der Waals surface area (Å²) >= 11 is 7.11. The largest absolute Gasteiger partial charge is 0.496 e. The van der Waals surface area contributed by atoms with Crippen molar-refractivity contribution in [3.05, 3.63) is 35.4 Å². The Labute approximate surface area is 109 Å². The van der Waals surface area contributed by atoms with Crippen molar-refractivity contribution < 1.29 is 9.53 Å². The Morgan fingerprint density at radius 3 is 2.65 bits per heavy atom. The Bertz CT molecular complexity index is 581. The van der Waals surface area contributed by atoms with E-state index in [1.54, 1.807) is 7.11 Å². The maximum absolute atomic E-state index is 11.2. The van der Waals surface area contributed by atoms with Crippen molar-refractivity contribution in [3.8, 4) is 5.75 Å². The first kappa shape index (κ1) is 12.3. The minimum absolute atomic E-state index is 0.0321. The quantitative estimate of drug-likeness (QED) is 0.764. The van der Waals surface area contributed by atoms with E-state index in [9.17, 15) is 4.79 Å². The SMILES string of the molecule is COc1cc2ccc(Cl)cc2cc1SC(C)=O. The Morgan fingerprint density at radius 1 is 1.24 bits per heavy atom. The molecular weight excluding hydrogens is 256 g/mol. The molecule has 0 heterocycles. The summed E-state index contributed by atoms with van der Waals surface area (Å²) < 4.78 is 5.28. The Kier molecular flexibility index (Phi) is 3.60. The van der Waals surface area contributed by atoms with E-state index in [1.165, 1.54) is 6.92 Å². The third-order valence-corrected chi connectivity index (χ3v) is 3.40. The van der Waals surface area contributed by atoms with E-state index in [0.29, 0.717) is 10.8 Å². The van der Waals surface area contributed by atoms with Crippen LogP contribution in [0.4, 0.5) is 0 Å². The molecule has 88 valence electrons. The fourth-order valence-corrected chi connectivity index (χ4v) is 2.54. The van der Waals surface area contributed by atoms with Crippen LogP contribution in [0.3, 0.4) is 0 Å². The first-order valence-corrected chi connectivity index (χ1v) is 6.25. The van der Waals surface area contributed by atoms with E-state index in [2.05, 4.69) is 0 Å². The van der Waals surface area contributed by atoms with Gasteiger partial charge in [-0.25, -0.2) is 0 Å². The minimum atomic E-state index is 0.0321. The molecule has 0 aliphatic rings. The van der Waals surface area contributed by atoms with Gasteiger partial charge in [-0.15, -0.1) is 0 Å². The second kappa shape index (κ2) is 4.98. The van der Waals surface area contributed by atoms with Crippen LogP contribution in [-0.4, -0.2) is 12.2 Å². The molecule has 0 radical (unpaired) electrons. The summed E-state index contributed by atoms with van der Waals surface area (Å²) in [6.45, 7) is 1.53. The molecule has 0 atom stereocenters. The van der Waals surface area contributed by atoms with Gasteiger partial charge in [-0.2, -0.15) is 0 Å². The molecule has 0 fully saturated rings. The number of rotatable bonds is 2. The molecule has 0 N–H and O–H groups in total. The highest BCUT2D eigenvalue weighted by molar-refractivity contribution is 8.13. The lowest BCUT2D eigenvalue weighted by molar-refractivity contribution is -0.109. The highest BCUT2D eigenvalue weighted by atomic mass is 35.5. The fourth-order valence-electron chi connectivity index (χ4n) is 1.62. The van der Waals surface area contributed by atoms with Crippen LogP contribution < -0.4 is 4.74 Å². The smallest absolute Gasteiger partial charge is 0.190 e. The predicted molar refractivity (Wildman–Crippen MR) is 72.0 cm³/mol. The van der Waals surface area contributed by atoms with E-state index >= 15 is 0 Å². The predicted octanol–water partition coefficient (Wildman–Crippen LogP) is 4.14. The normalized spacial score (nSPS) is 10.5. The average molecular weight is 267 g/mol. The van der Waals surface area contributed by atoms with Crippen molar-refractivity contribution in [1.82, 2.24) is 0 Å². The summed E-state index contributed by atoms with van der Waals surface area (Å²) in [6, 6.07) is 9.48. The zero-order chi connectivity index (χ0) is 12.4. The van der Waals surface area contributed by atoms with Crippen LogP contribution >= 0.6 is 23.4 Å². The number of thioether (sulfide) groups is 1. The van der Waals surface area contributed by atoms with Gasteiger partial charge in [0.05, 0.1) is 12.0 Å². The van der Waals surface area contributed by atoms with Crippen molar-refractivity contribution in [1.29, 1.82) is 0 Å². The van der Waals surface area contributed by atoms with Crippen molar-refractivity contribution in [2.24, 2.45) is 0 Å². The molecule has 2 aromatic rings. The van der Waals surface area contributed by atoms with Crippen molar-refractivity contribution in [2.75, 3.05) is 7.11 Å². The molecule has 0 spiro atoms. The van der Waals surface area contributed by atoms with Gasteiger partial charge in [0.2, 0.25) is 0 Å². The molecule has 0 saturated carbocycles. The lowest BCUT2D eigenvalue weighted by atomic mass is 10.1. The van der Waals surface area contributed by atoms with Crippen molar-refractivity contribution in [3.63, 3.8) is 0 Å². The second-order valence-electron chi connectivity index (χ2n) is 3.59. The van der Waals surface area contributed by atoms with Gasteiger partial charge in [0, 0.05) is 11.9 Å². The Hall–Kier alpha value is -1.19. The third kappa shape index (κ3) is 2.73. The molecule has 17 heavy (non-hydrogen) atoms. The Morgan fingerprint density at radius 2 is 2.00 bits per heavy atom. The van der Waals surface area contributed by atoms with Gasteiger partial charge in [-0.1, -0.05) is 17.7 Å². The number of benzene rings is 2. The number of methoxy groups -OCH3 is 1. The minimum Gasteiger partial charge on any atom is -0.496 e. The second-order valence-corrected chi connectivity index (χ2v) is 5.24. The number of carbonyl (C=O) groups is 1. The first-order valence-electron chi connectivity index (χ1n) is 5.06. The van der Waals surface area contributed by atoms with Crippen LogP contribution in [0.5, 0.6) is 5.75 Å². The topological polar surface area (TPSA) is 26.3 Å². The molecule has 2 aromatic carbocycles. The van der Waals surface area contributed by atoms with Gasteiger partial charge < -0.3 is 4.74 Å². The maximum atomic E-state index is 11.2. The highest BCUT2D eigenvalue weighted by Crippen LogP contribution is 2.34. The average Bonchev–Trinajstić information content (AvgIpc) is 2.27. The first-order chi connectivity index (χ1) is 8.10. The number of carbonyl (C=O) groups excluding carboxylic acids is 1. The molecule has 0 aliphatic carbocycles. The van der Waals surface area contributed by atoms with Gasteiger partial charge >= 0.3 is 0 Å². The van der Waals surface area contributed by atoms with E-state index in [1.807, 2.05) is 30.3 Å². The van der Waals surface area contributed by atoms with Crippen molar-refractivity contribution in [2.45, 2.75) is 11.8 Å². The van der Waals surface area contributed by atoms with E-state index in [-0.39, 0.29) is 5.12 Å². The molecule has 0 aromatic heterocycles. The number of fused-ring (bicyclic) bond motifs is 1. The van der Waals surface area contributed by atoms with Crippen LogP contribution in [-0.2, 0) is 4.79 Å². The lowest BCUT2D eigenvalue weighted by Crippen LogP contribution is -1.89. The van der Waals surface area contributed by atoms with Gasteiger partial charge in [0.1, 0.15) is 5.75 Å². The molecule has 0 saturated heterocycles. The number of ether oxygens (including phenoxy) is 1. The third-order valence-electron chi connectivity index (χ3n) is 2.34. The zero-order valence-corrected chi connectivity index (χ0v) is 11.1. The number of hydrogen-bond acceptors (Lipinski definition) is 3. The maximum Gasteiger partial charge on any atom is 0.190 e. The summed E-state index contributed by atoms with van der Waals surface area (Å²) in [5.41, 5.74) is 0. The van der Waals surface area contributed by atoms with Crippen molar-refractivity contribution >= 4 is 39.3 Å². The lowest BCUT2D eigenvalue weighted by Gasteiger charge is -2.08. The molecule has 0 bridgehead atoms. The van der Waals surface area contributed by atoms with E-state index in [4.69, 9.17) is 16.3 Å². The summed E-state index contributed by atoms with van der Waals surface area (Å²) in [5, 5.41) is 2.76. The highest BCUT2D eigenvalue weighted by Gasteiger charge is 2.08. The summed E-state index contributed by atoms with van der Waals surface area (Å²) in [7, 11) is 1.60. The standard InChI is InChI=1S/C13H11ClO2S/c1-8(15)17-13-7-10-5-11(14)4-3-9(10)6-12(13)16-2/h3-7H,1-2H3. The fraction of sp³-hybridized carbons (Fsp3) is 0.154. The molecule has 2 rings (SSSR count). The van der Waals surface area contributed by atoms with E-state index in [0.717, 1.165) is 27.4 Å². The zero-order valence-electron chi connectivity index (χ0n) is 9.49. The van der Waals surface area contributed by atoms with Crippen LogP contribution in [0.1, 0.15) is 6.92 Å². The van der Waals surface area contributed by atoms with Crippen LogP contribution in [0, 0.1) is 0 Å². The molecular formula is C13H11ClO2S. The summed E-state index contributed by atoms with van der Waals surface area (Å²) in [5.74, 6) is 0.708. The van der Waals surface area contributed by atoms with Gasteiger partial charge in [0.25, 0.3) is 0 Å². The number of halogens is 1. The van der Waals surface area contributed by atoms with Gasteiger partial charge in [-0.3, -0.25) is 4.79 Å². The Balaban J connectivity index is 2.60. The monoisotopic (exact) mass is 266 g/mol. The molecule has 0 aliphatic heterocycles. The number of hydrogen-bond donors (Lipinski definition) is 0. The summed E-state index contributed by atoms with van der Waals surface area (Å²) in [4.78, 5) is 12.0. The van der Waals surface area contributed by atoms with Gasteiger partial charge in [0.15, 0.2) is 5.12 Å².